The minimum atomic E-state index is -0.154. The molecule has 13 rings (SSSR count). The standard InChI is InChI=1S/C61H40N4O/c1-61(2)49-22-12-9-19-44(49)45-34-33-43(35-50(45)61)60-64-58(41-17-7-4-8-18-41)63-59(65-60)42-31-27-39(28-32-42)54-55-46-20-10-13-23-51(46)62-57(40-29-25-38(26-30-40)37-15-5-3-6-16-37)48(55)36-53-56(54)47-21-11-14-24-52(47)66-53/h3-36H,1-2H3. The van der Waals surface area contributed by atoms with E-state index in [0.717, 1.165) is 88.3 Å². The van der Waals surface area contributed by atoms with Gasteiger partial charge >= 0.3 is 0 Å². The van der Waals surface area contributed by atoms with Gasteiger partial charge in [0.05, 0.1) is 11.2 Å². The zero-order chi connectivity index (χ0) is 43.9. The summed E-state index contributed by atoms with van der Waals surface area (Å²) in [4.78, 5) is 20.8. The predicted molar refractivity (Wildman–Crippen MR) is 270 cm³/mol. The minimum absolute atomic E-state index is 0.154. The molecule has 12 aromatic rings. The van der Waals surface area contributed by atoms with Gasteiger partial charge in [0.25, 0.3) is 0 Å². The van der Waals surface area contributed by atoms with Gasteiger partial charge in [-0.05, 0) is 63.2 Å². The van der Waals surface area contributed by atoms with Gasteiger partial charge in [0.2, 0.25) is 0 Å². The fourth-order valence-corrected chi connectivity index (χ4v) is 10.3. The van der Waals surface area contributed by atoms with Crippen molar-refractivity contribution in [3.05, 3.63) is 217 Å². The number of hydrogen-bond donors (Lipinski definition) is 0. The molecule has 3 heterocycles. The van der Waals surface area contributed by atoms with Crippen LogP contribution in [-0.2, 0) is 5.41 Å². The quantitative estimate of drug-likeness (QED) is 0.156. The smallest absolute Gasteiger partial charge is 0.164 e. The summed E-state index contributed by atoms with van der Waals surface area (Å²) in [6.45, 7) is 4.60. The van der Waals surface area contributed by atoms with Crippen LogP contribution < -0.4 is 0 Å². The third kappa shape index (κ3) is 6.01. The summed E-state index contributed by atoms with van der Waals surface area (Å²) in [7, 11) is 0. The average molecular weight is 845 g/mol. The highest BCUT2D eigenvalue weighted by Gasteiger charge is 2.35. The third-order valence-corrected chi connectivity index (χ3v) is 13.5. The molecule has 9 aromatic carbocycles. The largest absolute Gasteiger partial charge is 0.456 e. The lowest BCUT2D eigenvalue weighted by molar-refractivity contribution is 0.660. The van der Waals surface area contributed by atoms with Gasteiger partial charge in [-0.25, -0.2) is 19.9 Å². The fourth-order valence-electron chi connectivity index (χ4n) is 10.3. The number of para-hydroxylation sites is 2. The molecule has 0 N–H and O–H groups in total. The monoisotopic (exact) mass is 844 g/mol. The lowest BCUT2D eigenvalue weighted by Crippen LogP contribution is -2.15. The molecule has 5 heteroatoms. The van der Waals surface area contributed by atoms with Crippen molar-refractivity contribution >= 4 is 43.6 Å². The lowest BCUT2D eigenvalue weighted by atomic mass is 9.82. The highest BCUT2D eigenvalue weighted by molar-refractivity contribution is 6.27. The van der Waals surface area contributed by atoms with Crippen molar-refractivity contribution in [2.75, 3.05) is 0 Å². The lowest BCUT2D eigenvalue weighted by Gasteiger charge is -2.21. The van der Waals surface area contributed by atoms with Crippen molar-refractivity contribution in [1.29, 1.82) is 0 Å². The molecule has 310 valence electrons. The van der Waals surface area contributed by atoms with Crippen molar-refractivity contribution in [1.82, 2.24) is 19.9 Å². The van der Waals surface area contributed by atoms with Gasteiger partial charge in [0.15, 0.2) is 17.5 Å². The molecule has 0 saturated heterocycles. The van der Waals surface area contributed by atoms with E-state index in [1.54, 1.807) is 0 Å². The van der Waals surface area contributed by atoms with Crippen molar-refractivity contribution in [2.45, 2.75) is 19.3 Å². The van der Waals surface area contributed by atoms with Gasteiger partial charge in [-0.2, -0.15) is 0 Å². The first-order valence-corrected chi connectivity index (χ1v) is 22.5. The van der Waals surface area contributed by atoms with Gasteiger partial charge in [-0.3, -0.25) is 0 Å². The van der Waals surface area contributed by atoms with Gasteiger partial charge in [-0.1, -0.05) is 196 Å². The molecule has 0 saturated carbocycles. The molecule has 0 spiro atoms. The van der Waals surface area contributed by atoms with E-state index in [1.165, 1.54) is 27.8 Å². The normalized spacial score (nSPS) is 12.8. The summed E-state index contributed by atoms with van der Waals surface area (Å²) in [5.74, 6) is 1.88. The van der Waals surface area contributed by atoms with Crippen molar-refractivity contribution < 1.29 is 4.42 Å². The zero-order valence-corrected chi connectivity index (χ0v) is 36.3. The molecular formula is C61H40N4O. The van der Waals surface area contributed by atoms with Crippen molar-refractivity contribution in [2.24, 2.45) is 0 Å². The van der Waals surface area contributed by atoms with Crippen LogP contribution in [0.1, 0.15) is 25.0 Å². The summed E-state index contributed by atoms with van der Waals surface area (Å²) < 4.78 is 6.71. The van der Waals surface area contributed by atoms with Crippen LogP contribution in [0.5, 0.6) is 0 Å². The first-order chi connectivity index (χ1) is 32.5. The van der Waals surface area contributed by atoms with Crippen LogP contribution in [0.15, 0.2) is 211 Å². The van der Waals surface area contributed by atoms with E-state index < -0.39 is 0 Å². The van der Waals surface area contributed by atoms with E-state index in [1.807, 2.05) is 30.3 Å². The number of benzene rings is 9. The zero-order valence-electron chi connectivity index (χ0n) is 36.3. The Hall–Kier alpha value is -8.54. The molecule has 5 nitrogen and oxygen atoms in total. The molecule has 0 radical (unpaired) electrons. The minimum Gasteiger partial charge on any atom is -0.456 e. The first-order valence-electron chi connectivity index (χ1n) is 22.5. The molecule has 0 bridgehead atoms. The van der Waals surface area contributed by atoms with Gasteiger partial charge in [0.1, 0.15) is 11.2 Å². The van der Waals surface area contributed by atoms with Crippen LogP contribution in [-0.4, -0.2) is 19.9 Å². The summed E-state index contributed by atoms with van der Waals surface area (Å²) in [6.07, 6.45) is 0. The van der Waals surface area contributed by atoms with Gasteiger partial charge < -0.3 is 4.42 Å². The molecule has 0 unspecified atom stereocenters. The number of fused-ring (bicyclic) bond motifs is 9. The number of rotatable bonds is 6. The van der Waals surface area contributed by atoms with Crippen LogP contribution in [0, 0.1) is 0 Å². The number of aromatic nitrogens is 4. The number of hydrogen-bond acceptors (Lipinski definition) is 5. The summed E-state index contributed by atoms with van der Waals surface area (Å²) in [5, 5.41) is 5.38. The van der Waals surface area contributed by atoms with E-state index >= 15 is 0 Å². The van der Waals surface area contributed by atoms with E-state index in [4.69, 9.17) is 24.4 Å². The molecule has 0 atom stereocenters. The number of nitrogens with zero attached hydrogens (tertiary/aromatic N) is 4. The number of pyridine rings is 1. The Morgan fingerprint density at radius 1 is 0.348 bits per heavy atom. The maximum absolute atomic E-state index is 6.71. The number of furan rings is 1. The predicted octanol–water partition coefficient (Wildman–Crippen LogP) is 15.8. The molecule has 1 aliphatic rings. The van der Waals surface area contributed by atoms with Gasteiger partial charge in [-0.15, -0.1) is 0 Å². The second-order valence-electron chi connectivity index (χ2n) is 17.7. The Labute approximate surface area is 381 Å². The van der Waals surface area contributed by atoms with E-state index in [9.17, 15) is 0 Å². The van der Waals surface area contributed by atoms with Crippen LogP contribution in [0.4, 0.5) is 0 Å². The third-order valence-electron chi connectivity index (χ3n) is 13.5. The SMILES string of the molecule is CC1(C)c2ccccc2-c2ccc(-c3nc(-c4ccccc4)nc(-c4ccc(-c5c6c(cc7c(-c8ccc(-c9ccccc9)cc8)nc8ccccc8c57)oc5ccccc56)cc4)n3)cc21. The average Bonchev–Trinajstić information content (AvgIpc) is 3.87. The highest BCUT2D eigenvalue weighted by Crippen LogP contribution is 2.50. The van der Waals surface area contributed by atoms with Crippen LogP contribution in [0.3, 0.4) is 0 Å². The first kappa shape index (κ1) is 38.0. The van der Waals surface area contributed by atoms with Crippen molar-refractivity contribution in [3.63, 3.8) is 0 Å². The molecular weight excluding hydrogens is 805 g/mol. The van der Waals surface area contributed by atoms with E-state index in [2.05, 4.69) is 190 Å². The molecule has 3 aromatic heterocycles. The Bertz CT molecular complexity index is 3870. The second-order valence-corrected chi connectivity index (χ2v) is 17.7. The molecule has 0 amide bonds. The maximum atomic E-state index is 6.71. The van der Waals surface area contributed by atoms with Crippen LogP contribution >= 0.6 is 0 Å². The Balaban J connectivity index is 0.994. The van der Waals surface area contributed by atoms with E-state index in [0.29, 0.717) is 17.5 Å². The second kappa shape index (κ2) is 14.8. The Morgan fingerprint density at radius 2 is 0.879 bits per heavy atom. The van der Waals surface area contributed by atoms with E-state index in [-0.39, 0.29) is 5.41 Å². The Kier molecular flexibility index (Phi) is 8.49. The van der Waals surface area contributed by atoms with Gasteiger partial charge in [0, 0.05) is 60.2 Å². The highest BCUT2D eigenvalue weighted by atomic mass is 16.3. The Morgan fingerprint density at radius 3 is 1.64 bits per heavy atom. The van der Waals surface area contributed by atoms with Crippen molar-refractivity contribution in [3.8, 4) is 78.8 Å². The maximum Gasteiger partial charge on any atom is 0.164 e. The van der Waals surface area contributed by atoms with Crippen LogP contribution in [0.25, 0.3) is 122 Å². The topological polar surface area (TPSA) is 64.7 Å². The summed E-state index contributed by atoms with van der Waals surface area (Å²) >= 11 is 0. The van der Waals surface area contributed by atoms with Crippen LogP contribution in [0.2, 0.25) is 0 Å². The summed E-state index contributed by atoms with van der Waals surface area (Å²) in [6, 6.07) is 72.5. The molecule has 0 fully saturated rings. The molecule has 0 aliphatic heterocycles. The molecule has 66 heavy (non-hydrogen) atoms. The fraction of sp³-hybridized carbons (Fsp3) is 0.0492. The summed E-state index contributed by atoms with van der Waals surface area (Å²) in [5.41, 5.74) is 16.8. The molecule has 1 aliphatic carbocycles.